The van der Waals surface area contributed by atoms with Crippen molar-refractivity contribution in [1.82, 2.24) is 15.3 Å². The molecular formula is C17H23N3O. The molecule has 1 amide bonds. The molecule has 0 bridgehead atoms. The van der Waals surface area contributed by atoms with Crippen molar-refractivity contribution in [1.29, 1.82) is 0 Å². The summed E-state index contributed by atoms with van der Waals surface area (Å²) in [6.45, 7) is 1.94. The Morgan fingerprint density at radius 3 is 2.81 bits per heavy atom. The van der Waals surface area contributed by atoms with E-state index in [1.54, 1.807) is 0 Å². The van der Waals surface area contributed by atoms with Crippen LogP contribution in [0.4, 0.5) is 0 Å². The molecule has 2 aromatic rings. The van der Waals surface area contributed by atoms with Crippen molar-refractivity contribution in [3.05, 3.63) is 29.6 Å². The SMILES string of the molecule is Cc1nc2ccc(CC(=O)NC3CCCCCC3)cc2[nH]1. The summed E-state index contributed by atoms with van der Waals surface area (Å²) in [5.41, 5.74) is 3.00. The second-order valence-electron chi connectivity index (χ2n) is 6.11. The van der Waals surface area contributed by atoms with Gasteiger partial charge in [0.1, 0.15) is 5.82 Å². The van der Waals surface area contributed by atoms with Crippen LogP contribution in [0.3, 0.4) is 0 Å². The zero-order valence-corrected chi connectivity index (χ0v) is 12.6. The van der Waals surface area contributed by atoms with Gasteiger partial charge in [-0.2, -0.15) is 0 Å². The Bertz CT molecular complexity index is 624. The average molecular weight is 285 g/mol. The molecule has 1 fully saturated rings. The van der Waals surface area contributed by atoms with Gasteiger partial charge in [-0.25, -0.2) is 4.98 Å². The minimum Gasteiger partial charge on any atom is -0.353 e. The summed E-state index contributed by atoms with van der Waals surface area (Å²) in [7, 11) is 0. The third-order valence-electron chi connectivity index (χ3n) is 4.25. The first-order chi connectivity index (χ1) is 10.2. The second kappa shape index (κ2) is 6.29. The molecule has 112 valence electrons. The van der Waals surface area contributed by atoms with Gasteiger partial charge in [0.2, 0.25) is 5.91 Å². The molecule has 1 saturated carbocycles. The molecule has 1 heterocycles. The van der Waals surface area contributed by atoms with Crippen LogP contribution in [0.2, 0.25) is 0 Å². The zero-order valence-electron chi connectivity index (χ0n) is 12.6. The molecule has 1 aromatic heterocycles. The molecule has 1 aliphatic rings. The molecule has 4 heteroatoms. The highest BCUT2D eigenvalue weighted by molar-refractivity contribution is 5.81. The lowest BCUT2D eigenvalue weighted by Gasteiger charge is -2.16. The highest BCUT2D eigenvalue weighted by Gasteiger charge is 2.15. The van der Waals surface area contributed by atoms with Crippen LogP contribution < -0.4 is 5.32 Å². The Hall–Kier alpha value is -1.84. The van der Waals surface area contributed by atoms with Crippen molar-refractivity contribution < 1.29 is 4.79 Å². The summed E-state index contributed by atoms with van der Waals surface area (Å²) in [4.78, 5) is 19.8. The first kappa shape index (κ1) is 14.1. The Balaban J connectivity index is 1.62. The fourth-order valence-electron chi connectivity index (χ4n) is 3.18. The first-order valence-electron chi connectivity index (χ1n) is 7.95. The number of nitrogens with one attached hydrogen (secondary N) is 2. The quantitative estimate of drug-likeness (QED) is 0.850. The van der Waals surface area contributed by atoms with Crippen LogP contribution in [0.15, 0.2) is 18.2 Å². The highest BCUT2D eigenvalue weighted by atomic mass is 16.1. The van der Waals surface area contributed by atoms with Crippen molar-refractivity contribution in [3.8, 4) is 0 Å². The molecule has 1 aromatic carbocycles. The van der Waals surface area contributed by atoms with Crippen LogP contribution in [-0.4, -0.2) is 21.9 Å². The predicted molar refractivity (Wildman–Crippen MR) is 84.2 cm³/mol. The molecule has 3 rings (SSSR count). The number of aromatic nitrogens is 2. The van der Waals surface area contributed by atoms with Crippen molar-refractivity contribution in [2.24, 2.45) is 0 Å². The van der Waals surface area contributed by atoms with E-state index in [2.05, 4.69) is 15.3 Å². The first-order valence-corrected chi connectivity index (χ1v) is 7.95. The lowest BCUT2D eigenvalue weighted by Crippen LogP contribution is -2.35. The third-order valence-corrected chi connectivity index (χ3v) is 4.25. The fourth-order valence-corrected chi connectivity index (χ4v) is 3.18. The maximum Gasteiger partial charge on any atom is 0.224 e. The number of hydrogen-bond acceptors (Lipinski definition) is 2. The fraction of sp³-hybridized carbons (Fsp3) is 0.529. The van der Waals surface area contributed by atoms with Crippen LogP contribution in [0.1, 0.15) is 49.9 Å². The van der Waals surface area contributed by atoms with E-state index in [4.69, 9.17) is 0 Å². The topological polar surface area (TPSA) is 57.8 Å². The van der Waals surface area contributed by atoms with Gasteiger partial charge in [0.05, 0.1) is 17.5 Å². The van der Waals surface area contributed by atoms with Gasteiger partial charge in [-0.15, -0.1) is 0 Å². The molecule has 0 unspecified atom stereocenters. The molecule has 0 aliphatic heterocycles. The van der Waals surface area contributed by atoms with Gasteiger partial charge in [-0.05, 0) is 37.5 Å². The number of carbonyl (C=O) groups excluding carboxylic acids is 1. The van der Waals surface area contributed by atoms with Crippen molar-refractivity contribution in [3.63, 3.8) is 0 Å². The van der Waals surface area contributed by atoms with Gasteiger partial charge >= 0.3 is 0 Å². The van der Waals surface area contributed by atoms with Crippen LogP contribution >= 0.6 is 0 Å². The number of nitrogens with zero attached hydrogens (tertiary/aromatic N) is 1. The Labute approximate surface area is 125 Å². The molecule has 2 N–H and O–H groups in total. The summed E-state index contributed by atoms with van der Waals surface area (Å²) in [6.07, 6.45) is 7.80. The smallest absolute Gasteiger partial charge is 0.224 e. The summed E-state index contributed by atoms with van der Waals surface area (Å²) < 4.78 is 0. The van der Waals surface area contributed by atoms with E-state index in [1.165, 1.54) is 25.7 Å². The lowest BCUT2D eigenvalue weighted by molar-refractivity contribution is -0.121. The number of amides is 1. The van der Waals surface area contributed by atoms with E-state index in [0.29, 0.717) is 12.5 Å². The van der Waals surface area contributed by atoms with E-state index in [-0.39, 0.29) is 5.91 Å². The van der Waals surface area contributed by atoms with Crippen LogP contribution in [0, 0.1) is 6.92 Å². The third kappa shape index (κ3) is 3.63. The Morgan fingerprint density at radius 2 is 2.05 bits per heavy atom. The van der Waals surface area contributed by atoms with Gasteiger partial charge in [0.15, 0.2) is 0 Å². The van der Waals surface area contributed by atoms with E-state index in [0.717, 1.165) is 35.3 Å². The summed E-state index contributed by atoms with van der Waals surface area (Å²) in [5, 5.41) is 3.20. The molecule has 21 heavy (non-hydrogen) atoms. The van der Waals surface area contributed by atoms with E-state index < -0.39 is 0 Å². The summed E-state index contributed by atoms with van der Waals surface area (Å²) >= 11 is 0. The largest absolute Gasteiger partial charge is 0.353 e. The molecule has 0 saturated heterocycles. The van der Waals surface area contributed by atoms with Gasteiger partial charge in [0.25, 0.3) is 0 Å². The van der Waals surface area contributed by atoms with Gasteiger partial charge in [0, 0.05) is 6.04 Å². The van der Waals surface area contributed by atoms with Gasteiger partial charge in [-0.3, -0.25) is 4.79 Å². The van der Waals surface area contributed by atoms with E-state index in [9.17, 15) is 4.79 Å². The molecule has 1 aliphatic carbocycles. The molecule has 0 spiro atoms. The van der Waals surface area contributed by atoms with E-state index >= 15 is 0 Å². The zero-order chi connectivity index (χ0) is 14.7. The molecular weight excluding hydrogens is 262 g/mol. The molecule has 0 atom stereocenters. The van der Waals surface area contributed by atoms with Crippen LogP contribution in [0.5, 0.6) is 0 Å². The van der Waals surface area contributed by atoms with Gasteiger partial charge < -0.3 is 10.3 Å². The number of benzene rings is 1. The van der Waals surface area contributed by atoms with Crippen molar-refractivity contribution in [2.45, 2.75) is 57.9 Å². The molecule has 0 radical (unpaired) electrons. The minimum atomic E-state index is 0.137. The average Bonchev–Trinajstić information content (AvgIpc) is 2.64. The maximum atomic E-state index is 12.2. The Kier molecular flexibility index (Phi) is 4.23. The van der Waals surface area contributed by atoms with Crippen LogP contribution in [-0.2, 0) is 11.2 Å². The number of imidazole rings is 1. The number of aromatic amines is 1. The summed E-state index contributed by atoms with van der Waals surface area (Å²) in [6, 6.07) is 6.38. The second-order valence-corrected chi connectivity index (χ2v) is 6.11. The predicted octanol–water partition coefficient (Wildman–Crippen LogP) is 3.25. The van der Waals surface area contributed by atoms with Crippen molar-refractivity contribution >= 4 is 16.9 Å². The van der Waals surface area contributed by atoms with E-state index in [1.807, 2.05) is 25.1 Å². The number of aryl methyl sites for hydroxylation is 1. The number of H-pyrrole nitrogens is 1. The summed E-state index contributed by atoms with van der Waals surface area (Å²) in [5.74, 6) is 1.04. The van der Waals surface area contributed by atoms with Gasteiger partial charge in [-0.1, -0.05) is 31.7 Å². The number of hydrogen-bond donors (Lipinski definition) is 2. The maximum absolute atomic E-state index is 12.2. The van der Waals surface area contributed by atoms with Crippen molar-refractivity contribution in [2.75, 3.05) is 0 Å². The number of fused-ring (bicyclic) bond motifs is 1. The van der Waals surface area contributed by atoms with Crippen LogP contribution in [0.25, 0.3) is 11.0 Å². The number of carbonyl (C=O) groups is 1. The monoisotopic (exact) mass is 285 g/mol. The Morgan fingerprint density at radius 1 is 1.29 bits per heavy atom. The molecule has 4 nitrogen and oxygen atoms in total. The highest BCUT2D eigenvalue weighted by Crippen LogP contribution is 2.18. The number of rotatable bonds is 3. The lowest BCUT2D eigenvalue weighted by atomic mass is 10.1. The minimum absolute atomic E-state index is 0.137. The normalized spacial score (nSPS) is 16.8. The standard InChI is InChI=1S/C17H23N3O/c1-12-18-15-9-8-13(10-16(15)19-12)11-17(21)20-14-6-4-2-3-5-7-14/h8-10,14H,2-7,11H2,1H3,(H,18,19)(H,20,21).